The molecule has 7 heteroatoms. The first-order valence-corrected chi connectivity index (χ1v) is 10.9. The smallest absolute Gasteiger partial charge is 0.249 e. The van der Waals surface area contributed by atoms with Crippen LogP contribution in [0, 0.1) is 13.8 Å². The molecule has 0 N–H and O–H groups in total. The largest absolute Gasteiger partial charge is 0.493 e. The van der Waals surface area contributed by atoms with Crippen LogP contribution in [0.15, 0.2) is 47.1 Å². The third kappa shape index (κ3) is 4.93. The summed E-state index contributed by atoms with van der Waals surface area (Å²) in [6.07, 6.45) is 7.35. The second kappa shape index (κ2) is 9.73. The molecule has 0 bridgehead atoms. The van der Waals surface area contributed by atoms with Gasteiger partial charge in [0.2, 0.25) is 17.7 Å². The predicted molar refractivity (Wildman–Crippen MR) is 116 cm³/mol. The van der Waals surface area contributed by atoms with Crippen LogP contribution in [0.2, 0.25) is 0 Å². The van der Waals surface area contributed by atoms with Gasteiger partial charge in [0, 0.05) is 25.4 Å². The number of benzene rings is 1. The molecule has 1 atom stereocenters. The summed E-state index contributed by atoms with van der Waals surface area (Å²) in [6.45, 7) is 5.35. The maximum absolute atomic E-state index is 13.0. The van der Waals surface area contributed by atoms with Crippen LogP contribution in [0.4, 0.5) is 0 Å². The first-order valence-electron chi connectivity index (χ1n) is 10.9. The van der Waals surface area contributed by atoms with Crippen molar-refractivity contribution in [1.82, 2.24) is 20.1 Å². The van der Waals surface area contributed by atoms with Crippen molar-refractivity contribution in [2.45, 2.75) is 52.0 Å². The number of aryl methyl sites for hydroxylation is 1. The number of nitrogens with zero attached hydrogens (tertiary/aromatic N) is 4. The molecule has 3 heterocycles. The van der Waals surface area contributed by atoms with Gasteiger partial charge in [-0.3, -0.25) is 9.78 Å². The van der Waals surface area contributed by atoms with Crippen molar-refractivity contribution in [3.63, 3.8) is 0 Å². The third-order valence-corrected chi connectivity index (χ3v) is 5.80. The van der Waals surface area contributed by atoms with Crippen molar-refractivity contribution in [3.8, 4) is 17.2 Å². The van der Waals surface area contributed by atoms with Crippen LogP contribution in [0.25, 0.3) is 11.5 Å². The number of hydrogen-bond acceptors (Lipinski definition) is 6. The van der Waals surface area contributed by atoms with E-state index in [4.69, 9.17) is 9.15 Å². The molecule has 0 aliphatic carbocycles. The summed E-state index contributed by atoms with van der Waals surface area (Å²) in [6, 6.07) is 9.57. The van der Waals surface area contributed by atoms with Crippen molar-refractivity contribution in [3.05, 3.63) is 59.7 Å². The van der Waals surface area contributed by atoms with Gasteiger partial charge in [-0.25, -0.2) is 0 Å². The van der Waals surface area contributed by atoms with Crippen molar-refractivity contribution in [2.75, 3.05) is 13.2 Å². The average Bonchev–Trinajstić information content (AvgIpc) is 3.30. The van der Waals surface area contributed by atoms with Gasteiger partial charge in [0.25, 0.3) is 0 Å². The number of aromatic nitrogens is 3. The molecular weight excluding hydrogens is 392 g/mol. The minimum atomic E-state index is -0.167. The highest BCUT2D eigenvalue weighted by molar-refractivity contribution is 5.76. The Hall–Kier alpha value is -3.22. The maximum atomic E-state index is 13.0. The van der Waals surface area contributed by atoms with Crippen molar-refractivity contribution in [1.29, 1.82) is 0 Å². The SMILES string of the molecule is Cc1cccc(OCCCC(=O)N2CCCC[C@H]2c2nnc(-c3cccnc3)o2)c1C. The van der Waals surface area contributed by atoms with E-state index in [1.165, 1.54) is 5.56 Å². The molecule has 0 saturated carbocycles. The fourth-order valence-electron chi connectivity index (χ4n) is 3.89. The van der Waals surface area contributed by atoms with E-state index < -0.39 is 0 Å². The average molecular weight is 421 g/mol. The summed E-state index contributed by atoms with van der Waals surface area (Å²) in [5.74, 6) is 1.93. The highest BCUT2D eigenvalue weighted by atomic mass is 16.5. The number of rotatable bonds is 7. The molecule has 1 fully saturated rings. The number of likely N-dealkylation sites (tertiary alicyclic amines) is 1. The fraction of sp³-hybridized carbons (Fsp3) is 0.417. The highest BCUT2D eigenvalue weighted by Crippen LogP contribution is 2.32. The number of carbonyl (C=O) groups is 1. The highest BCUT2D eigenvalue weighted by Gasteiger charge is 2.31. The van der Waals surface area contributed by atoms with Crippen LogP contribution < -0.4 is 4.74 Å². The molecule has 0 unspecified atom stereocenters. The molecule has 2 aromatic heterocycles. The summed E-state index contributed by atoms with van der Waals surface area (Å²) < 4.78 is 11.8. The van der Waals surface area contributed by atoms with Gasteiger partial charge in [0.05, 0.1) is 12.2 Å². The van der Waals surface area contributed by atoms with E-state index in [2.05, 4.69) is 35.1 Å². The molecule has 1 saturated heterocycles. The molecule has 4 rings (SSSR count). The Morgan fingerprint density at radius 3 is 2.94 bits per heavy atom. The Labute approximate surface area is 182 Å². The zero-order valence-corrected chi connectivity index (χ0v) is 18.1. The van der Waals surface area contributed by atoms with E-state index in [9.17, 15) is 4.79 Å². The van der Waals surface area contributed by atoms with Crippen molar-refractivity contribution < 1.29 is 13.9 Å². The summed E-state index contributed by atoms with van der Waals surface area (Å²) in [5, 5.41) is 8.41. The van der Waals surface area contributed by atoms with Gasteiger partial charge in [-0.2, -0.15) is 0 Å². The number of pyridine rings is 1. The Kier molecular flexibility index (Phi) is 6.60. The quantitative estimate of drug-likeness (QED) is 0.517. The lowest BCUT2D eigenvalue weighted by atomic mass is 10.0. The minimum Gasteiger partial charge on any atom is -0.493 e. The zero-order valence-electron chi connectivity index (χ0n) is 18.1. The summed E-state index contributed by atoms with van der Waals surface area (Å²) in [4.78, 5) is 18.9. The molecule has 3 aromatic rings. The Morgan fingerprint density at radius 1 is 1.19 bits per heavy atom. The number of amides is 1. The molecule has 7 nitrogen and oxygen atoms in total. The molecule has 0 radical (unpaired) electrons. The molecule has 0 spiro atoms. The van der Waals surface area contributed by atoms with Crippen LogP contribution in [-0.4, -0.2) is 39.1 Å². The van der Waals surface area contributed by atoms with Crippen molar-refractivity contribution >= 4 is 5.91 Å². The zero-order chi connectivity index (χ0) is 21.6. The monoisotopic (exact) mass is 420 g/mol. The maximum Gasteiger partial charge on any atom is 0.249 e. The van der Waals surface area contributed by atoms with E-state index in [-0.39, 0.29) is 11.9 Å². The lowest BCUT2D eigenvalue weighted by Crippen LogP contribution is -2.38. The first-order chi connectivity index (χ1) is 15.1. The predicted octanol–water partition coefficient (Wildman–Crippen LogP) is 4.66. The van der Waals surface area contributed by atoms with Gasteiger partial charge >= 0.3 is 0 Å². The van der Waals surface area contributed by atoms with Gasteiger partial charge in [-0.05, 0) is 68.9 Å². The number of ether oxygens (including phenoxy) is 1. The molecule has 1 aliphatic rings. The standard InChI is InChI=1S/C24H28N4O3/c1-17-8-5-11-21(18(17)2)30-15-7-12-22(29)28-14-4-3-10-20(28)24-27-26-23(31-24)19-9-6-13-25-16-19/h5-6,8-9,11,13,16,20H,3-4,7,10,12,14-15H2,1-2H3/t20-/m0/s1. The molecule has 31 heavy (non-hydrogen) atoms. The van der Waals surface area contributed by atoms with E-state index in [0.717, 1.165) is 36.1 Å². The van der Waals surface area contributed by atoms with E-state index >= 15 is 0 Å². The van der Waals surface area contributed by atoms with Gasteiger partial charge in [-0.1, -0.05) is 12.1 Å². The second-order valence-electron chi connectivity index (χ2n) is 7.94. The fourth-order valence-corrected chi connectivity index (χ4v) is 3.89. The summed E-state index contributed by atoms with van der Waals surface area (Å²) in [5.41, 5.74) is 3.12. The van der Waals surface area contributed by atoms with Crippen LogP contribution in [0.3, 0.4) is 0 Å². The molecule has 1 amide bonds. The van der Waals surface area contributed by atoms with Crippen LogP contribution in [0.1, 0.15) is 55.2 Å². The van der Waals surface area contributed by atoms with E-state index in [0.29, 0.717) is 37.8 Å². The molecule has 162 valence electrons. The molecule has 1 aliphatic heterocycles. The number of hydrogen-bond donors (Lipinski definition) is 0. The van der Waals surface area contributed by atoms with Gasteiger partial charge in [-0.15, -0.1) is 10.2 Å². The number of carbonyl (C=O) groups excluding carboxylic acids is 1. The van der Waals surface area contributed by atoms with Crippen molar-refractivity contribution in [2.24, 2.45) is 0 Å². The Balaban J connectivity index is 1.35. The second-order valence-corrected chi connectivity index (χ2v) is 7.94. The van der Waals surface area contributed by atoms with Crippen LogP contribution in [0.5, 0.6) is 5.75 Å². The first kappa shape index (κ1) is 21.0. The molecular formula is C24H28N4O3. The Bertz CT molecular complexity index is 1020. The minimum absolute atomic E-state index is 0.107. The lowest BCUT2D eigenvalue weighted by Gasteiger charge is -2.33. The third-order valence-electron chi connectivity index (χ3n) is 5.80. The lowest BCUT2D eigenvalue weighted by molar-refractivity contribution is -0.135. The van der Waals surface area contributed by atoms with Gasteiger partial charge in [0.1, 0.15) is 11.8 Å². The van der Waals surface area contributed by atoms with Crippen LogP contribution in [-0.2, 0) is 4.79 Å². The topological polar surface area (TPSA) is 81.4 Å². The van der Waals surface area contributed by atoms with Gasteiger partial charge < -0.3 is 14.1 Å². The van der Waals surface area contributed by atoms with Gasteiger partial charge in [0.15, 0.2) is 0 Å². The molecule has 1 aromatic carbocycles. The summed E-state index contributed by atoms with van der Waals surface area (Å²) >= 11 is 0. The van der Waals surface area contributed by atoms with E-state index in [1.54, 1.807) is 12.4 Å². The summed E-state index contributed by atoms with van der Waals surface area (Å²) in [7, 11) is 0. The van der Waals surface area contributed by atoms with Crippen LogP contribution >= 0.6 is 0 Å². The number of piperidine rings is 1. The Morgan fingerprint density at radius 2 is 2.10 bits per heavy atom. The van der Waals surface area contributed by atoms with E-state index in [1.807, 2.05) is 29.2 Å². The normalized spacial score (nSPS) is 16.3.